The van der Waals surface area contributed by atoms with Crippen molar-refractivity contribution in [3.63, 3.8) is 0 Å². The lowest BCUT2D eigenvalue weighted by atomic mass is 10.1. The fraction of sp³-hybridized carbons (Fsp3) is 0.190. The topological polar surface area (TPSA) is 68.3 Å². The van der Waals surface area contributed by atoms with Gasteiger partial charge in [0.2, 0.25) is 11.5 Å². The molecule has 0 N–H and O–H groups in total. The summed E-state index contributed by atoms with van der Waals surface area (Å²) in [5.74, 6) is -0.171. The van der Waals surface area contributed by atoms with Gasteiger partial charge in [0.15, 0.2) is 0 Å². The third-order valence-electron chi connectivity index (χ3n) is 4.62. The van der Waals surface area contributed by atoms with Crippen molar-refractivity contribution in [2.24, 2.45) is 0 Å². The van der Waals surface area contributed by atoms with E-state index in [0.717, 1.165) is 10.9 Å². The maximum Gasteiger partial charge on any atom is 0.297 e. The molecule has 0 saturated carbocycles. The third kappa shape index (κ3) is 3.21. The summed E-state index contributed by atoms with van der Waals surface area (Å²) >= 11 is 0. The highest BCUT2D eigenvalue weighted by atomic mass is 16.3. The summed E-state index contributed by atoms with van der Waals surface area (Å²) in [5.41, 5.74) is 3.16. The van der Waals surface area contributed by atoms with Crippen molar-refractivity contribution >= 4 is 28.0 Å². The Balaban J connectivity index is 1.58. The smallest absolute Gasteiger partial charge is 0.297 e. The van der Waals surface area contributed by atoms with Crippen LogP contribution in [0.2, 0.25) is 0 Å². The third-order valence-corrected chi connectivity index (χ3v) is 4.62. The van der Waals surface area contributed by atoms with Crippen LogP contribution in [-0.2, 0) is 17.9 Å². The van der Waals surface area contributed by atoms with E-state index in [1.54, 1.807) is 18.0 Å². The van der Waals surface area contributed by atoms with Crippen LogP contribution < -0.4 is 5.56 Å². The SMILES string of the molecule is Cc1ccc(CN(C)C(=O)Cn2cnc3c(oc4ccccc43)c2=O)cc1. The molecule has 0 aliphatic carbocycles. The number of benzene rings is 2. The van der Waals surface area contributed by atoms with Crippen LogP contribution >= 0.6 is 0 Å². The number of carbonyl (C=O) groups excluding carboxylic acids is 1. The molecule has 0 radical (unpaired) electrons. The summed E-state index contributed by atoms with van der Waals surface area (Å²) in [5, 5.41) is 0.791. The fourth-order valence-corrected chi connectivity index (χ4v) is 3.05. The van der Waals surface area contributed by atoms with Crippen molar-refractivity contribution in [1.82, 2.24) is 14.5 Å². The molecule has 136 valence electrons. The van der Waals surface area contributed by atoms with Gasteiger partial charge < -0.3 is 9.32 Å². The van der Waals surface area contributed by atoms with Gasteiger partial charge in [0, 0.05) is 19.0 Å². The lowest BCUT2D eigenvalue weighted by Crippen LogP contribution is -2.33. The second-order valence-electron chi connectivity index (χ2n) is 6.69. The first kappa shape index (κ1) is 17.0. The monoisotopic (exact) mass is 361 g/mol. The number of para-hydroxylation sites is 1. The highest BCUT2D eigenvalue weighted by Crippen LogP contribution is 2.24. The molecular formula is C21H19N3O3. The number of likely N-dealkylation sites (N-methyl/N-ethyl adjacent to an activating group) is 1. The summed E-state index contributed by atoms with van der Waals surface area (Å²) in [4.78, 5) is 31.2. The Hall–Kier alpha value is -3.41. The zero-order valence-corrected chi connectivity index (χ0v) is 15.2. The zero-order chi connectivity index (χ0) is 19.0. The van der Waals surface area contributed by atoms with Gasteiger partial charge in [0.05, 0.1) is 6.33 Å². The second kappa shape index (κ2) is 6.72. The van der Waals surface area contributed by atoms with Crippen molar-refractivity contribution in [3.05, 3.63) is 76.3 Å². The van der Waals surface area contributed by atoms with Crippen LogP contribution in [-0.4, -0.2) is 27.4 Å². The predicted molar refractivity (Wildman–Crippen MR) is 103 cm³/mol. The Morgan fingerprint density at radius 1 is 1.15 bits per heavy atom. The van der Waals surface area contributed by atoms with E-state index in [2.05, 4.69) is 4.98 Å². The van der Waals surface area contributed by atoms with Crippen molar-refractivity contribution in [3.8, 4) is 0 Å². The number of hydrogen-bond donors (Lipinski definition) is 0. The molecule has 27 heavy (non-hydrogen) atoms. The van der Waals surface area contributed by atoms with E-state index in [-0.39, 0.29) is 23.6 Å². The largest absolute Gasteiger partial charge is 0.448 e. The zero-order valence-electron chi connectivity index (χ0n) is 15.2. The Kier molecular flexibility index (Phi) is 4.24. The minimum absolute atomic E-state index is 0.0822. The van der Waals surface area contributed by atoms with Crippen molar-refractivity contribution in [2.75, 3.05) is 7.05 Å². The minimum Gasteiger partial charge on any atom is -0.448 e. The molecular weight excluding hydrogens is 342 g/mol. The maximum absolute atomic E-state index is 12.7. The Morgan fingerprint density at radius 2 is 1.89 bits per heavy atom. The summed E-state index contributed by atoms with van der Waals surface area (Å²) in [6.07, 6.45) is 1.41. The van der Waals surface area contributed by atoms with Crippen molar-refractivity contribution in [1.29, 1.82) is 0 Å². The second-order valence-corrected chi connectivity index (χ2v) is 6.69. The van der Waals surface area contributed by atoms with E-state index in [0.29, 0.717) is 17.6 Å². The standard InChI is InChI=1S/C21H19N3O3/c1-14-7-9-15(10-8-14)11-23(2)18(25)12-24-13-22-19-16-5-3-4-6-17(16)27-20(19)21(24)26/h3-10,13H,11-12H2,1-2H3. The Bertz CT molecular complexity index is 1190. The lowest BCUT2D eigenvalue weighted by Gasteiger charge is -2.18. The molecule has 0 aliphatic rings. The average molecular weight is 361 g/mol. The molecule has 2 heterocycles. The van der Waals surface area contributed by atoms with Crippen LogP contribution in [0.4, 0.5) is 0 Å². The van der Waals surface area contributed by atoms with E-state index in [4.69, 9.17) is 4.42 Å². The van der Waals surface area contributed by atoms with Gasteiger partial charge in [0.1, 0.15) is 17.6 Å². The molecule has 0 unspecified atom stereocenters. The van der Waals surface area contributed by atoms with Gasteiger partial charge in [0.25, 0.3) is 5.56 Å². The first-order chi connectivity index (χ1) is 13.0. The molecule has 4 aromatic rings. The molecule has 0 saturated heterocycles. The molecule has 0 bridgehead atoms. The quantitative estimate of drug-likeness (QED) is 0.560. The van der Waals surface area contributed by atoms with Gasteiger partial charge in [-0.1, -0.05) is 42.0 Å². The minimum atomic E-state index is -0.353. The van der Waals surface area contributed by atoms with Crippen LogP contribution in [0.3, 0.4) is 0 Å². The number of aromatic nitrogens is 2. The predicted octanol–water partition coefficient (Wildman–Crippen LogP) is 3.11. The molecule has 0 spiro atoms. The van der Waals surface area contributed by atoms with Crippen molar-refractivity contribution in [2.45, 2.75) is 20.0 Å². The molecule has 0 atom stereocenters. The molecule has 6 heteroatoms. The van der Waals surface area contributed by atoms with Crippen LogP contribution in [0.1, 0.15) is 11.1 Å². The fourth-order valence-electron chi connectivity index (χ4n) is 3.05. The Morgan fingerprint density at radius 3 is 2.67 bits per heavy atom. The number of nitrogens with zero attached hydrogens (tertiary/aromatic N) is 3. The first-order valence-electron chi connectivity index (χ1n) is 8.69. The number of fused-ring (bicyclic) bond motifs is 3. The number of rotatable bonds is 4. The van der Waals surface area contributed by atoms with Gasteiger partial charge in [-0.3, -0.25) is 14.2 Å². The molecule has 6 nitrogen and oxygen atoms in total. The van der Waals surface area contributed by atoms with Gasteiger partial charge in [-0.15, -0.1) is 0 Å². The van der Waals surface area contributed by atoms with E-state index >= 15 is 0 Å². The molecule has 1 amide bonds. The number of hydrogen-bond acceptors (Lipinski definition) is 4. The summed E-state index contributed by atoms with van der Waals surface area (Å²) in [6.45, 7) is 2.42. The summed E-state index contributed by atoms with van der Waals surface area (Å²) in [6, 6.07) is 15.4. The van der Waals surface area contributed by atoms with Gasteiger partial charge >= 0.3 is 0 Å². The number of aryl methyl sites for hydroxylation is 1. The molecule has 2 aromatic heterocycles. The van der Waals surface area contributed by atoms with E-state index < -0.39 is 0 Å². The molecule has 4 rings (SSSR count). The number of furan rings is 1. The molecule has 0 aliphatic heterocycles. The van der Waals surface area contributed by atoms with Crippen LogP contribution in [0.15, 0.2) is 64.1 Å². The van der Waals surface area contributed by atoms with E-state index in [1.165, 1.54) is 16.5 Å². The average Bonchev–Trinajstić information content (AvgIpc) is 3.05. The van der Waals surface area contributed by atoms with E-state index in [9.17, 15) is 9.59 Å². The maximum atomic E-state index is 12.7. The Labute approximate surface area is 155 Å². The van der Waals surface area contributed by atoms with E-state index in [1.807, 2.05) is 49.4 Å². The first-order valence-corrected chi connectivity index (χ1v) is 8.69. The van der Waals surface area contributed by atoms with Crippen LogP contribution in [0.5, 0.6) is 0 Å². The normalized spacial score (nSPS) is 11.2. The number of amides is 1. The summed E-state index contributed by atoms with van der Waals surface area (Å²) in [7, 11) is 1.72. The van der Waals surface area contributed by atoms with Gasteiger partial charge in [-0.25, -0.2) is 4.98 Å². The van der Waals surface area contributed by atoms with Crippen molar-refractivity contribution < 1.29 is 9.21 Å². The summed E-state index contributed by atoms with van der Waals surface area (Å²) < 4.78 is 6.94. The highest BCUT2D eigenvalue weighted by molar-refractivity contribution is 6.01. The van der Waals surface area contributed by atoms with Gasteiger partial charge in [-0.2, -0.15) is 0 Å². The van der Waals surface area contributed by atoms with Crippen LogP contribution in [0, 0.1) is 6.92 Å². The van der Waals surface area contributed by atoms with Gasteiger partial charge in [-0.05, 0) is 24.6 Å². The highest BCUT2D eigenvalue weighted by Gasteiger charge is 2.16. The van der Waals surface area contributed by atoms with Crippen LogP contribution in [0.25, 0.3) is 22.1 Å². The molecule has 2 aromatic carbocycles. The number of carbonyl (C=O) groups is 1. The lowest BCUT2D eigenvalue weighted by molar-refractivity contribution is -0.131. The molecule has 0 fully saturated rings.